The van der Waals surface area contributed by atoms with Crippen LogP contribution < -0.4 is 54.2 Å². The van der Waals surface area contributed by atoms with Gasteiger partial charge in [0.05, 0.1) is 75.3 Å². The summed E-state index contributed by atoms with van der Waals surface area (Å²) in [6, 6.07) is -1.33. The number of thiazole rings is 1. The average molecular weight is 1890 g/mol. The summed E-state index contributed by atoms with van der Waals surface area (Å²) in [5, 5.41) is 47.2. The van der Waals surface area contributed by atoms with Crippen molar-refractivity contribution < 1.29 is 132 Å². The summed E-state index contributed by atoms with van der Waals surface area (Å²) >= 11 is 1.00. The maximum atomic E-state index is 15.0. The molecule has 0 aliphatic carbocycles. The van der Waals surface area contributed by atoms with Gasteiger partial charge in [-0.1, -0.05) is 94.2 Å². The number of halogens is 6. The number of nitrogens with one attached hydrogen (secondary N) is 8. The quantitative estimate of drug-likeness (QED) is 0.00278. The van der Waals surface area contributed by atoms with Gasteiger partial charge in [0.1, 0.15) is 47.2 Å². The van der Waals surface area contributed by atoms with E-state index in [1.165, 1.54) is 42.3 Å². The van der Waals surface area contributed by atoms with E-state index in [2.05, 4.69) is 59.3 Å². The highest BCUT2D eigenvalue weighted by molar-refractivity contribution is 8.76. The number of guanidine groups is 1. The Kier molecular flexibility index (Phi) is 47.3. The van der Waals surface area contributed by atoms with Crippen LogP contribution in [-0.2, 0) is 107 Å². The Hall–Kier alpha value is -10.1. The Morgan fingerprint density at radius 2 is 1.43 bits per heavy atom. The number of nitrogens with zero attached hydrogens (tertiary/aromatic N) is 5. The molecule has 3 heterocycles. The molecule has 2 saturated heterocycles. The molecule has 720 valence electrons. The molecule has 2 unspecified atom stereocenters. The van der Waals surface area contributed by atoms with Gasteiger partial charge in [0.25, 0.3) is 5.91 Å². The molecule has 3 aromatic rings. The van der Waals surface area contributed by atoms with Crippen molar-refractivity contribution >= 4 is 116 Å². The number of aromatic hydroxyl groups is 1. The van der Waals surface area contributed by atoms with Crippen LogP contribution in [0.2, 0.25) is 0 Å². The van der Waals surface area contributed by atoms with Crippen molar-refractivity contribution in [1.29, 1.82) is 0 Å². The van der Waals surface area contributed by atoms with E-state index in [0.717, 1.165) is 45.8 Å². The molecular weight excluding hydrogens is 1770 g/mol. The van der Waals surface area contributed by atoms with Crippen LogP contribution in [0.1, 0.15) is 182 Å². The van der Waals surface area contributed by atoms with Crippen molar-refractivity contribution in [1.82, 2.24) is 62.4 Å². The molecule has 1 aromatic heterocycles. The number of aliphatic carboxylic acids is 2. The monoisotopic (exact) mass is 1890 g/mol. The second-order valence-corrected chi connectivity index (χ2v) is 34.9. The molecule has 2 aliphatic heterocycles. The van der Waals surface area contributed by atoms with Gasteiger partial charge in [-0.25, -0.2) is 20.0 Å². The topological polar surface area (TPSA) is 521 Å². The molecule has 129 heavy (non-hydrogen) atoms. The van der Waals surface area contributed by atoms with Crippen molar-refractivity contribution in [3.63, 3.8) is 0 Å². The second kappa shape index (κ2) is 55.8. The molecule has 5 rings (SSSR count). The van der Waals surface area contributed by atoms with E-state index in [-0.39, 0.29) is 161 Å². The minimum atomic E-state index is -5.04. The maximum absolute atomic E-state index is 15.0. The van der Waals surface area contributed by atoms with Gasteiger partial charge in [0, 0.05) is 74.2 Å². The van der Waals surface area contributed by atoms with Gasteiger partial charge in [0.15, 0.2) is 18.8 Å². The largest absolute Gasteiger partial charge is 0.508 e. The number of rotatable bonds is 55. The van der Waals surface area contributed by atoms with Crippen LogP contribution in [0.4, 0.5) is 31.1 Å². The number of phenols is 1. The number of likely N-dealkylation sites (N-methyl/N-ethyl adjacent to an activating group) is 1. The Bertz CT molecular complexity index is 4180. The number of aromatic nitrogens is 1. The lowest BCUT2D eigenvalue weighted by molar-refractivity contribution is -0.160. The third-order valence-corrected chi connectivity index (χ3v) is 24.1. The molecule has 0 radical (unpaired) electrons. The van der Waals surface area contributed by atoms with E-state index < -0.39 is 181 Å². The molecule has 2 aromatic carbocycles. The van der Waals surface area contributed by atoms with Crippen LogP contribution in [0.25, 0.3) is 0 Å². The first-order valence-corrected chi connectivity index (χ1v) is 45.6. The number of nitrogens with two attached hydrogens (primary N) is 2. The van der Waals surface area contributed by atoms with Crippen LogP contribution >= 0.6 is 32.9 Å². The van der Waals surface area contributed by atoms with Gasteiger partial charge in [0.2, 0.25) is 41.4 Å². The Balaban J connectivity index is 1.08. The normalized spacial score (nSPS) is 17.0. The average Bonchev–Trinajstić information content (AvgIpc) is 1.17. The summed E-state index contributed by atoms with van der Waals surface area (Å²) in [7, 11) is 3.77. The number of hydrazine groups is 1. The van der Waals surface area contributed by atoms with Crippen molar-refractivity contribution in [2.24, 2.45) is 34.2 Å². The first-order valence-electron chi connectivity index (χ1n) is 42.3. The van der Waals surface area contributed by atoms with E-state index in [1.54, 1.807) is 24.0 Å². The fourth-order valence-corrected chi connectivity index (χ4v) is 16.7. The van der Waals surface area contributed by atoms with Gasteiger partial charge in [-0.2, -0.15) is 26.3 Å². The van der Waals surface area contributed by atoms with Crippen LogP contribution in [0.15, 0.2) is 65.5 Å². The summed E-state index contributed by atoms with van der Waals surface area (Å²) in [6.45, 7) is 15.2. The number of ether oxygens (including phenoxy) is 6. The number of carboxylic acid groups (broad SMARTS) is 2. The number of benzene rings is 2. The first-order chi connectivity index (χ1) is 61.0. The van der Waals surface area contributed by atoms with Gasteiger partial charge >= 0.3 is 42.3 Å². The van der Waals surface area contributed by atoms with E-state index in [0.29, 0.717) is 62.9 Å². The zero-order valence-corrected chi connectivity index (χ0v) is 75.8. The predicted octanol–water partition coefficient (Wildman–Crippen LogP) is 6.40. The molecule has 12 atom stereocenters. The number of phenolic OH excluding ortho intramolecular Hbond substituents is 1. The number of aliphatic imine (C=N–C) groups is 1. The van der Waals surface area contributed by atoms with Crippen molar-refractivity contribution in [2.45, 2.75) is 224 Å². The number of amides is 9. The molecule has 0 saturated carbocycles. The summed E-state index contributed by atoms with van der Waals surface area (Å²) in [6.07, 6.45) is -8.61. The number of carboxylic acids is 2. The summed E-state index contributed by atoms with van der Waals surface area (Å²) in [5.41, 5.74) is 12.6. The van der Waals surface area contributed by atoms with Crippen LogP contribution in [0, 0.1) is 17.8 Å². The first kappa shape index (κ1) is 109. The number of hydrogen-bond donors (Lipinski definition) is 13. The van der Waals surface area contributed by atoms with Gasteiger partial charge in [-0.3, -0.25) is 73.0 Å². The lowest BCUT2D eigenvalue weighted by Crippen LogP contribution is -2.59. The van der Waals surface area contributed by atoms with Gasteiger partial charge in [-0.15, -0.1) is 17.9 Å². The zero-order valence-electron chi connectivity index (χ0n) is 73.4. The molecule has 15 N–H and O–H groups in total. The maximum Gasteiger partial charge on any atom is 0.426 e. The third-order valence-electron chi connectivity index (χ3n) is 20.8. The number of hydrogen-bond acceptors (Lipinski definition) is 27. The molecule has 2 aliphatic rings. The molecule has 46 heteroatoms. The number of carbonyl (C=O) groups is 13. The number of piperidine rings is 2. The van der Waals surface area contributed by atoms with Crippen molar-refractivity contribution in [3.05, 3.63) is 93.5 Å². The van der Waals surface area contributed by atoms with Crippen LogP contribution in [0.3, 0.4) is 0 Å². The molecule has 9 amide bonds. The number of esters is 2. The third kappa shape index (κ3) is 39.6. The lowest BCUT2D eigenvalue weighted by atomic mass is 9.92. The molecule has 0 bridgehead atoms. The van der Waals surface area contributed by atoms with Crippen LogP contribution in [0.5, 0.6) is 5.75 Å². The second-order valence-electron chi connectivity index (χ2n) is 31.4. The Morgan fingerprint density at radius 3 is 2.05 bits per heavy atom. The molecule has 0 spiro atoms. The molecule has 37 nitrogen and oxygen atoms in total. The van der Waals surface area contributed by atoms with Crippen LogP contribution in [-0.4, -0.2) is 264 Å². The smallest absolute Gasteiger partial charge is 0.426 e. The predicted molar refractivity (Wildman–Crippen MR) is 463 cm³/mol. The number of alkyl halides is 6. The molecular formula is C83H121F6N15O22S3. The fraction of sp³-hybridized carbons (Fsp3) is 0.627. The Morgan fingerprint density at radius 1 is 0.760 bits per heavy atom. The highest BCUT2D eigenvalue weighted by Gasteiger charge is 2.42. The number of likely N-dealkylation sites (tertiary alicyclic amines) is 2. The summed E-state index contributed by atoms with van der Waals surface area (Å²) < 4.78 is 114. The lowest BCUT2D eigenvalue weighted by Gasteiger charge is -2.39. The standard InChI is InChI=1S/C83H121F6N15O22S3/c1-10-17-70(111)125-47-104(78(117)71(49(6)11-2)99-76(116)63-19-13-14-28-102(63)9)64(48(4)5)42-66(126-51(8)105)77-98-60(45-127-77)75(115)94-56(39-52-21-23-57(106)24-22-52)36-50(7)72(112)100-101-81(120)123-34-35-128-129-46-61(79(118)119)97-74(114)59(41-69(109)110)96-73(113)58(18-15-26-93-80(90)91)95-67(107)25-30-121-32-33-122-31-27-92-68(108)43-103-29-16-20-65(62(103)12-3)124-44-53-37-54(82(84,85)86)40-55(38-53)83(87,88)89/h12,21-24,37-38,40,45,48-50,56,58-59,61-66,71,106H,3,10-11,13-20,25-36,39,41-44,46-47H2,1-2,4-9H3,(H,92,108)(H,94,115)(H,95,107)(H,96,113)(H,97,114)(H,99,116)(H,100,112)(H,101,120)(H,109,110)(H,118,119)(H4,90,91,93)/t49-,50-,56+,58?,59+,61-,62-,63+,64+,65-,66+,71?/m0/s1. The van der Waals surface area contributed by atoms with Crippen molar-refractivity contribution in [2.75, 3.05) is 91.0 Å². The van der Waals surface area contributed by atoms with E-state index in [9.17, 15) is 99.2 Å². The minimum Gasteiger partial charge on any atom is -0.508 e. The van der Waals surface area contributed by atoms with Gasteiger partial charge in [-0.05, 0) is 131 Å². The zero-order chi connectivity index (χ0) is 95.7. The van der Waals surface area contributed by atoms with Gasteiger partial charge < -0.3 is 92.0 Å². The van der Waals surface area contributed by atoms with E-state index >= 15 is 4.79 Å². The minimum absolute atomic E-state index is 0.00184. The van der Waals surface area contributed by atoms with E-state index in [1.807, 2.05) is 39.6 Å². The highest BCUT2D eigenvalue weighted by atomic mass is 33.1. The summed E-state index contributed by atoms with van der Waals surface area (Å²) in [5.74, 6) is -12.3. The van der Waals surface area contributed by atoms with Crippen molar-refractivity contribution in [3.8, 4) is 5.75 Å². The SMILES string of the molecule is C=C[C@H]1[C@@H](OCc2cc(C(F)(F)F)cc(C(F)(F)F)c2)CCCN1CC(=O)NCCOCCOCCC(=O)NC(CCCN=C(N)N)C(=O)N[C@H](CC(=O)O)C(=O)N[C@@H](CSSCCOC(=O)NNC(=O)[C@@H](C)C[C@H](Cc1ccc(O)cc1)NC(=O)c1csc([C@@H](C[C@H](C(C)C)N(COC(=O)CCC)C(=O)C(NC(=O)[C@H]2CCCCN2C)[C@@H](C)CC)OC(C)=O)n1)C(=O)O. The number of carbonyl (C=O) groups excluding carboxylic acids is 11. The summed E-state index contributed by atoms with van der Waals surface area (Å²) in [4.78, 5) is 187. The molecule has 2 fully saturated rings. The highest BCUT2D eigenvalue weighted by Crippen LogP contribution is 2.38. The Labute approximate surface area is 756 Å². The van der Waals surface area contributed by atoms with E-state index in [4.69, 9.17) is 39.9 Å². The fourth-order valence-electron chi connectivity index (χ4n) is 13.9.